The molecule has 0 aromatic carbocycles. The minimum Gasteiger partial charge on any atom is -0.393 e. The molecule has 0 saturated heterocycles. The molecule has 0 heterocycles. The molecule has 0 aromatic heterocycles. The number of allylic oxidation sites excluding steroid dienone is 4. The Morgan fingerprint density at radius 2 is 2.09 bits per heavy atom. The molecule has 0 amide bonds. The summed E-state index contributed by atoms with van der Waals surface area (Å²) in [6.07, 6.45) is 10.1. The maximum atomic E-state index is 12.0. The van der Waals surface area contributed by atoms with Crippen LogP contribution in [-0.2, 0) is 9.59 Å². The van der Waals surface area contributed by atoms with E-state index in [1.165, 1.54) is 0 Å². The summed E-state index contributed by atoms with van der Waals surface area (Å²) in [6, 6.07) is 0. The van der Waals surface area contributed by atoms with Crippen LogP contribution in [0.3, 0.4) is 0 Å². The highest BCUT2D eigenvalue weighted by Gasteiger charge is 2.58. The second kappa shape index (κ2) is 4.89. The largest absolute Gasteiger partial charge is 0.393 e. The fraction of sp³-hybridized carbons (Fsp3) is 0.700. The predicted octanol–water partition coefficient (Wildman–Crippen LogP) is 3.22. The van der Waals surface area contributed by atoms with E-state index >= 15 is 0 Å². The molecule has 0 radical (unpaired) electrons. The summed E-state index contributed by atoms with van der Waals surface area (Å²) in [6.45, 7) is 4.52. The molecule has 0 aromatic rings. The minimum absolute atomic E-state index is 0.0613. The number of carbonyl (C=O) groups excluding carboxylic acids is 2. The summed E-state index contributed by atoms with van der Waals surface area (Å²) in [4.78, 5) is 23.7. The van der Waals surface area contributed by atoms with Gasteiger partial charge in [0.1, 0.15) is 6.29 Å². The number of rotatable bonds is 1. The van der Waals surface area contributed by atoms with E-state index in [1.807, 2.05) is 0 Å². The van der Waals surface area contributed by atoms with Gasteiger partial charge in [0, 0.05) is 17.4 Å². The van der Waals surface area contributed by atoms with Gasteiger partial charge in [-0.25, -0.2) is 0 Å². The van der Waals surface area contributed by atoms with Crippen molar-refractivity contribution < 1.29 is 14.7 Å². The Morgan fingerprint density at radius 1 is 1.30 bits per heavy atom. The summed E-state index contributed by atoms with van der Waals surface area (Å²) in [5.41, 5.74) is 1.82. The zero-order valence-corrected chi connectivity index (χ0v) is 14.0. The Morgan fingerprint density at radius 3 is 2.83 bits per heavy atom. The quantitative estimate of drug-likeness (QED) is 0.597. The lowest BCUT2D eigenvalue weighted by Gasteiger charge is -2.56. The number of ketones is 1. The van der Waals surface area contributed by atoms with Gasteiger partial charge in [-0.1, -0.05) is 25.5 Å². The molecule has 4 rings (SSSR count). The molecule has 23 heavy (non-hydrogen) atoms. The molecule has 2 saturated carbocycles. The van der Waals surface area contributed by atoms with Crippen molar-refractivity contribution in [2.24, 2.45) is 28.6 Å². The number of fused-ring (bicyclic) bond motifs is 5. The van der Waals surface area contributed by atoms with Crippen LogP contribution in [0.1, 0.15) is 52.4 Å². The Labute approximate surface area is 137 Å². The van der Waals surface area contributed by atoms with Crippen LogP contribution in [0, 0.1) is 28.6 Å². The van der Waals surface area contributed by atoms with Crippen LogP contribution >= 0.6 is 0 Å². The van der Waals surface area contributed by atoms with E-state index in [0.717, 1.165) is 44.0 Å². The van der Waals surface area contributed by atoms with Gasteiger partial charge in [0.15, 0.2) is 5.78 Å². The van der Waals surface area contributed by atoms with Crippen LogP contribution in [0.25, 0.3) is 0 Å². The van der Waals surface area contributed by atoms with Gasteiger partial charge < -0.3 is 5.11 Å². The molecule has 4 aliphatic carbocycles. The number of carbonyl (C=O) groups is 2. The van der Waals surface area contributed by atoms with E-state index in [0.29, 0.717) is 29.7 Å². The van der Waals surface area contributed by atoms with Crippen molar-refractivity contribution in [1.82, 2.24) is 0 Å². The SMILES string of the molecule is C[C@]12CC[C@@H]3[C@@H](CC=C4CC(=O)C=C(C=O)[C@@]43C)[C@@H]1CC(O)C2. The van der Waals surface area contributed by atoms with E-state index < -0.39 is 0 Å². The molecule has 0 spiro atoms. The summed E-state index contributed by atoms with van der Waals surface area (Å²) in [7, 11) is 0. The number of hydrogen-bond acceptors (Lipinski definition) is 3. The average Bonchev–Trinajstić information content (AvgIpc) is 2.81. The fourth-order valence-corrected chi connectivity index (χ4v) is 6.46. The molecule has 3 nitrogen and oxygen atoms in total. The van der Waals surface area contributed by atoms with Gasteiger partial charge in [-0.3, -0.25) is 9.59 Å². The zero-order chi connectivity index (χ0) is 16.4. The molecule has 4 aliphatic rings. The monoisotopic (exact) mass is 314 g/mol. The van der Waals surface area contributed by atoms with E-state index in [2.05, 4.69) is 19.9 Å². The first-order valence-corrected chi connectivity index (χ1v) is 8.96. The predicted molar refractivity (Wildman–Crippen MR) is 87.6 cm³/mol. The fourth-order valence-electron chi connectivity index (χ4n) is 6.46. The topological polar surface area (TPSA) is 54.4 Å². The normalized spacial score (nSPS) is 48.7. The van der Waals surface area contributed by atoms with Gasteiger partial charge in [0.2, 0.25) is 0 Å². The number of hydrogen-bond donors (Lipinski definition) is 1. The van der Waals surface area contributed by atoms with Gasteiger partial charge in [0.05, 0.1) is 6.10 Å². The van der Waals surface area contributed by atoms with Crippen LogP contribution in [0.15, 0.2) is 23.3 Å². The van der Waals surface area contributed by atoms with Crippen molar-refractivity contribution in [3.8, 4) is 0 Å². The van der Waals surface area contributed by atoms with Gasteiger partial charge >= 0.3 is 0 Å². The van der Waals surface area contributed by atoms with E-state index in [1.54, 1.807) is 6.08 Å². The first-order chi connectivity index (χ1) is 10.9. The van der Waals surface area contributed by atoms with Gasteiger partial charge in [0.25, 0.3) is 0 Å². The van der Waals surface area contributed by atoms with Crippen molar-refractivity contribution in [3.63, 3.8) is 0 Å². The van der Waals surface area contributed by atoms with Gasteiger partial charge in [-0.05, 0) is 61.3 Å². The molecular formula is C20H26O3. The third kappa shape index (κ3) is 1.98. The molecule has 0 bridgehead atoms. The molecule has 2 fully saturated rings. The van der Waals surface area contributed by atoms with Crippen molar-refractivity contribution in [2.75, 3.05) is 0 Å². The summed E-state index contributed by atoms with van der Waals surface area (Å²) in [5.74, 6) is 1.55. The maximum Gasteiger partial charge on any atom is 0.160 e. The van der Waals surface area contributed by atoms with Crippen LogP contribution < -0.4 is 0 Å². The molecule has 6 atom stereocenters. The molecular weight excluding hydrogens is 288 g/mol. The lowest BCUT2D eigenvalue weighted by molar-refractivity contribution is -0.116. The third-order valence-electron chi connectivity index (χ3n) is 7.64. The Balaban J connectivity index is 1.77. The molecule has 1 unspecified atom stereocenters. The lowest BCUT2D eigenvalue weighted by Crippen LogP contribution is -2.49. The van der Waals surface area contributed by atoms with Crippen molar-refractivity contribution in [1.29, 1.82) is 0 Å². The number of aldehydes is 1. The highest BCUT2D eigenvalue weighted by molar-refractivity contribution is 6.00. The summed E-state index contributed by atoms with van der Waals surface area (Å²) < 4.78 is 0. The highest BCUT2D eigenvalue weighted by atomic mass is 16.3. The molecule has 1 N–H and O–H groups in total. The third-order valence-corrected chi connectivity index (χ3v) is 7.64. The Kier molecular flexibility index (Phi) is 3.26. The number of aliphatic hydroxyl groups is 1. The molecule has 0 aliphatic heterocycles. The average molecular weight is 314 g/mol. The second-order valence-electron chi connectivity index (χ2n) is 8.69. The molecule has 3 heteroatoms. The maximum absolute atomic E-state index is 12.0. The van der Waals surface area contributed by atoms with Crippen molar-refractivity contribution in [3.05, 3.63) is 23.3 Å². The lowest BCUT2D eigenvalue weighted by atomic mass is 9.48. The zero-order valence-electron chi connectivity index (χ0n) is 14.0. The first-order valence-electron chi connectivity index (χ1n) is 8.96. The first kappa shape index (κ1) is 15.3. The van der Waals surface area contributed by atoms with Crippen LogP contribution in [0.2, 0.25) is 0 Å². The minimum atomic E-state index is -0.270. The standard InChI is InChI=1S/C20H26O3/c1-19-6-5-17-16(18(19)9-15(23)10-19)4-3-12-7-14(22)8-13(11-21)20(12,17)2/h3,8,11,15-18,23H,4-7,9-10H2,1-2H3/t15?,16-,17-,18+,19-,20-/m1/s1. The van der Waals surface area contributed by atoms with E-state index in [-0.39, 0.29) is 22.7 Å². The smallest absolute Gasteiger partial charge is 0.160 e. The van der Waals surface area contributed by atoms with Gasteiger partial charge in [-0.2, -0.15) is 0 Å². The van der Waals surface area contributed by atoms with Gasteiger partial charge in [-0.15, -0.1) is 0 Å². The van der Waals surface area contributed by atoms with Crippen LogP contribution in [0.5, 0.6) is 0 Å². The number of aliphatic hydroxyl groups excluding tert-OH is 1. The Hall–Kier alpha value is -1.22. The Bertz CT molecular complexity index is 631. The van der Waals surface area contributed by atoms with Crippen LogP contribution in [-0.4, -0.2) is 23.3 Å². The van der Waals surface area contributed by atoms with Crippen molar-refractivity contribution in [2.45, 2.75) is 58.5 Å². The van der Waals surface area contributed by atoms with Crippen molar-refractivity contribution >= 4 is 12.1 Å². The highest BCUT2D eigenvalue weighted by Crippen LogP contribution is 2.64. The molecule has 124 valence electrons. The van der Waals surface area contributed by atoms with E-state index in [9.17, 15) is 14.7 Å². The van der Waals surface area contributed by atoms with E-state index in [4.69, 9.17) is 0 Å². The summed E-state index contributed by atoms with van der Waals surface area (Å²) >= 11 is 0. The summed E-state index contributed by atoms with van der Waals surface area (Å²) in [5, 5.41) is 10.2. The second-order valence-corrected chi connectivity index (χ2v) is 8.69. The van der Waals surface area contributed by atoms with Crippen LogP contribution in [0.4, 0.5) is 0 Å².